The molecule has 6 heteroatoms. The van der Waals surface area contributed by atoms with Crippen LogP contribution < -0.4 is 0 Å². The lowest BCUT2D eigenvalue weighted by Gasteiger charge is -2.02. The maximum absolute atomic E-state index is 5.42. The molecular formula is C17H13N5O. The Bertz CT molecular complexity index is 1040. The number of benzene rings is 1. The predicted molar refractivity (Wildman–Crippen MR) is 86.6 cm³/mol. The highest BCUT2D eigenvalue weighted by molar-refractivity contribution is 5.91. The fourth-order valence-corrected chi connectivity index (χ4v) is 2.67. The van der Waals surface area contributed by atoms with Crippen LogP contribution in [-0.2, 0) is 0 Å². The Kier molecular flexibility index (Phi) is 2.58. The van der Waals surface area contributed by atoms with Gasteiger partial charge in [0.25, 0.3) is 0 Å². The molecule has 3 aromatic heterocycles. The summed E-state index contributed by atoms with van der Waals surface area (Å²) in [5.74, 6) is 0. The van der Waals surface area contributed by atoms with Gasteiger partial charge in [-0.3, -0.25) is 4.99 Å². The van der Waals surface area contributed by atoms with Gasteiger partial charge in [-0.1, -0.05) is 6.07 Å². The second-order valence-electron chi connectivity index (χ2n) is 5.68. The van der Waals surface area contributed by atoms with Gasteiger partial charge in [0.2, 0.25) is 0 Å². The standard InChI is InChI=1S/C17H13N5O/c1-2-16-21-14(9-18-12-4-5-12)17(22(16)20-7-1)11-3-6-13-15(8-11)23-10-19-13/h1-3,6-10,12H,4-5H2. The number of nitrogens with zero attached hydrogens (tertiary/aromatic N) is 5. The van der Waals surface area contributed by atoms with Crippen molar-refractivity contribution in [1.82, 2.24) is 19.6 Å². The lowest BCUT2D eigenvalue weighted by molar-refractivity contribution is 0.602. The van der Waals surface area contributed by atoms with Crippen molar-refractivity contribution in [3.8, 4) is 11.3 Å². The van der Waals surface area contributed by atoms with E-state index in [0.717, 1.165) is 33.7 Å². The zero-order valence-corrected chi connectivity index (χ0v) is 12.3. The van der Waals surface area contributed by atoms with Gasteiger partial charge in [-0.25, -0.2) is 14.5 Å². The highest BCUT2D eigenvalue weighted by Gasteiger charge is 2.20. The minimum Gasteiger partial charge on any atom is -0.443 e. The zero-order chi connectivity index (χ0) is 15.2. The Hall–Kier alpha value is -3.02. The van der Waals surface area contributed by atoms with Crippen LogP contribution in [0.3, 0.4) is 0 Å². The monoisotopic (exact) mass is 303 g/mol. The molecule has 0 unspecified atom stereocenters. The van der Waals surface area contributed by atoms with Gasteiger partial charge < -0.3 is 4.42 Å². The van der Waals surface area contributed by atoms with E-state index in [9.17, 15) is 0 Å². The first-order valence-electron chi connectivity index (χ1n) is 7.59. The van der Waals surface area contributed by atoms with Crippen LogP contribution in [0.25, 0.3) is 28.0 Å². The highest BCUT2D eigenvalue weighted by Crippen LogP contribution is 2.28. The van der Waals surface area contributed by atoms with Gasteiger partial charge >= 0.3 is 0 Å². The van der Waals surface area contributed by atoms with E-state index in [1.165, 1.54) is 19.2 Å². The molecule has 0 bridgehead atoms. The molecule has 1 aliphatic carbocycles. The Morgan fingerprint density at radius 1 is 1.26 bits per heavy atom. The molecule has 6 nitrogen and oxygen atoms in total. The molecule has 0 atom stereocenters. The summed E-state index contributed by atoms with van der Waals surface area (Å²) in [5.41, 5.74) is 5.12. The van der Waals surface area contributed by atoms with Crippen molar-refractivity contribution in [1.29, 1.82) is 0 Å². The minimum atomic E-state index is 0.456. The second kappa shape index (κ2) is 4.74. The number of aliphatic imine (C=N–C) groups is 1. The zero-order valence-electron chi connectivity index (χ0n) is 12.3. The van der Waals surface area contributed by atoms with Crippen LogP contribution >= 0.6 is 0 Å². The van der Waals surface area contributed by atoms with Crippen LogP contribution in [-0.4, -0.2) is 31.8 Å². The van der Waals surface area contributed by atoms with Gasteiger partial charge in [-0.2, -0.15) is 5.10 Å². The summed E-state index contributed by atoms with van der Waals surface area (Å²) in [6.07, 6.45) is 7.42. The van der Waals surface area contributed by atoms with E-state index in [0.29, 0.717) is 6.04 Å². The number of aromatic nitrogens is 4. The quantitative estimate of drug-likeness (QED) is 0.545. The number of rotatable bonds is 3. The molecule has 4 aromatic rings. The lowest BCUT2D eigenvalue weighted by atomic mass is 10.1. The van der Waals surface area contributed by atoms with E-state index in [1.54, 1.807) is 6.20 Å². The topological polar surface area (TPSA) is 68.6 Å². The van der Waals surface area contributed by atoms with Crippen molar-refractivity contribution in [2.45, 2.75) is 18.9 Å². The molecule has 0 spiro atoms. The predicted octanol–water partition coefficient (Wildman–Crippen LogP) is 3.12. The van der Waals surface area contributed by atoms with E-state index >= 15 is 0 Å². The van der Waals surface area contributed by atoms with Crippen LogP contribution in [0.5, 0.6) is 0 Å². The first-order chi connectivity index (χ1) is 11.4. The Morgan fingerprint density at radius 3 is 3.13 bits per heavy atom. The van der Waals surface area contributed by atoms with E-state index in [-0.39, 0.29) is 0 Å². The summed E-state index contributed by atoms with van der Waals surface area (Å²) in [7, 11) is 0. The Morgan fingerprint density at radius 2 is 2.22 bits per heavy atom. The molecule has 112 valence electrons. The molecule has 1 fully saturated rings. The summed E-state index contributed by atoms with van der Waals surface area (Å²) >= 11 is 0. The summed E-state index contributed by atoms with van der Waals surface area (Å²) in [6.45, 7) is 0. The van der Waals surface area contributed by atoms with Crippen LogP contribution in [0, 0.1) is 0 Å². The molecule has 3 heterocycles. The minimum absolute atomic E-state index is 0.456. The summed E-state index contributed by atoms with van der Waals surface area (Å²) in [5, 5.41) is 4.43. The maximum atomic E-state index is 5.42. The number of imidazole rings is 1. The van der Waals surface area contributed by atoms with Gasteiger partial charge in [-0.05, 0) is 37.1 Å². The van der Waals surface area contributed by atoms with Gasteiger partial charge in [0.05, 0.1) is 6.04 Å². The van der Waals surface area contributed by atoms with E-state index < -0.39 is 0 Å². The molecule has 1 aromatic carbocycles. The Balaban J connectivity index is 1.75. The fourth-order valence-electron chi connectivity index (χ4n) is 2.67. The third kappa shape index (κ3) is 2.11. The average Bonchev–Trinajstić information content (AvgIpc) is 3.16. The molecule has 1 aliphatic rings. The normalized spacial score (nSPS) is 15.1. The molecule has 0 aliphatic heterocycles. The van der Waals surface area contributed by atoms with Gasteiger partial charge in [0.15, 0.2) is 17.6 Å². The number of hydrogen-bond donors (Lipinski definition) is 0. The van der Waals surface area contributed by atoms with Crippen molar-refractivity contribution < 1.29 is 4.42 Å². The molecule has 23 heavy (non-hydrogen) atoms. The van der Waals surface area contributed by atoms with Crippen molar-refractivity contribution in [2.75, 3.05) is 0 Å². The Labute approximate surface area is 131 Å². The summed E-state index contributed by atoms with van der Waals surface area (Å²) in [6, 6.07) is 10.2. The summed E-state index contributed by atoms with van der Waals surface area (Å²) < 4.78 is 7.26. The second-order valence-corrected chi connectivity index (χ2v) is 5.68. The third-order valence-electron chi connectivity index (χ3n) is 3.98. The van der Waals surface area contributed by atoms with Crippen molar-refractivity contribution in [3.05, 3.63) is 48.6 Å². The van der Waals surface area contributed by atoms with Crippen LogP contribution in [0.15, 0.2) is 52.3 Å². The maximum Gasteiger partial charge on any atom is 0.181 e. The molecule has 5 rings (SSSR count). The molecule has 0 saturated heterocycles. The van der Waals surface area contributed by atoms with Crippen LogP contribution in [0.2, 0.25) is 0 Å². The molecule has 1 saturated carbocycles. The third-order valence-corrected chi connectivity index (χ3v) is 3.98. The average molecular weight is 303 g/mol. The van der Waals surface area contributed by atoms with Crippen molar-refractivity contribution >= 4 is 23.0 Å². The first-order valence-corrected chi connectivity index (χ1v) is 7.59. The fraction of sp³-hybridized carbons (Fsp3) is 0.176. The van der Waals surface area contributed by atoms with Crippen molar-refractivity contribution in [2.24, 2.45) is 4.99 Å². The lowest BCUT2D eigenvalue weighted by Crippen LogP contribution is -1.95. The number of fused-ring (bicyclic) bond motifs is 2. The molecular weight excluding hydrogens is 290 g/mol. The molecule has 0 amide bonds. The first kappa shape index (κ1) is 12.5. The highest BCUT2D eigenvalue weighted by atomic mass is 16.3. The van der Waals surface area contributed by atoms with Crippen LogP contribution in [0.4, 0.5) is 0 Å². The van der Waals surface area contributed by atoms with E-state index in [1.807, 2.05) is 41.1 Å². The molecule has 0 N–H and O–H groups in total. The van der Waals surface area contributed by atoms with Crippen LogP contribution in [0.1, 0.15) is 18.5 Å². The SMILES string of the molecule is C(=NC1CC1)c1nc2cccnn2c1-c1ccc2ncoc2c1. The molecule has 0 radical (unpaired) electrons. The van der Waals surface area contributed by atoms with Gasteiger partial charge in [0.1, 0.15) is 16.9 Å². The van der Waals surface area contributed by atoms with E-state index in [2.05, 4.69) is 20.1 Å². The largest absolute Gasteiger partial charge is 0.443 e. The van der Waals surface area contributed by atoms with Crippen molar-refractivity contribution in [3.63, 3.8) is 0 Å². The number of hydrogen-bond acceptors (Lipinski definition) is 5. The van der Waals surface area contributed by atoms with Gasteiger partial charge in [-0.15, -0.1) is 0 Å². The number of oxazole rings is 1. The van der Waals surface area contributed by atoms with E-state index in [4.69, 9.17) is 4.42 Å². The smallest absolute Gasteiger partial charge is 0.181 e. The van der Waals surface area contributed by atoms with Gasteiger partial charge in [0, 0.05) is 18.0 Å². The summed E-state index contributed by atoms with van der Waals surface area (Å²) in [4.78, 5) is 13.4.